The third-order valence-corrected chi connectivity index (χ3v) is 12.0. The highest BCUT2D eigenvalue weighted by Gasteiger charge is 2.19. The predicted octanol–water partition coefficient (Wildman–Crippen LogP) is 14.6. The number of nitrogens with zero attached hydrogens (tertiary/aromatic N) is 2. The number of fused-ring (bicyclic) bond motifs is 7. The lowest BCUT2D eigenvalue weighted by molar-refractivity contribution is 1.19. The van der Waals surface area contributed by atoms with Gasteiger partial charge in [-0.2, -0.15) is 0 Å². The average Bonchev–Trinajstić information content (AvgIpc) is 3.64. The lowest BCUT2D eigenvalue weighted by atomic mass is 9.92. The van der Waals surface area contributed by atoms with Crippen LogP contribution >= 0.6 is 11.3 Å². The van der Waals surface area contributed by atoms with Gasteiger partial charge in [-0.15, -0.1) is 11.3 Å². The second-order valence-electron chi connectivity index (χ2n) is 14.1. The van der Waals surface area contributed by atoms with Crippen LogP contribution in [0.25, 0.3) is 109 Å². The van der Waals surface area contributed by atoms with E-state index in [1.54, 1.807) is 0 Å². The minimum absolute atomic E-state index is 0.715. The Bertz CT molecular complexity index is 3250. The van der Waals surface area contributed by atoms with Crippen LogP contribution in [0.3, 0.4) is 0 Å². The van der Waals surface area contributed by atoms with Crippen LogP contribution < -0.4 is 0 Å². The Morgan fingerprint density at radius 1 is 0.309 bits per heavy atom. The molecule has 2 nitrogen and oxygen atoms in total. The molecule has 0 saturated heterocycles. The summed E-state index contributed by atoms with van der Waals surface area (Å²) in [6.07, 6.45) is 0. The number of hydrogen-bond acceptors (Lipinski definition) is 3. The Kier molecular flexibility index (Phi) is 7.39. The van der Waals surface area contributed by atoms with Gasteiger partial charge in [-0.05, 0) is 78.8 Å². The Hall–Kier alpha value is -6.94. The van der Waals surface area contributed by atoms with Gasteiger partial charge in [0.2, 0.25) is 0 Å². The van der Waals surface area contributed by atoms with Crippen LogP contribution in [-0.2, 0) is 0 Å². The van der Waals surface area contributed by atoms with E-state index in [4.69, 9.17) is 9.97 Å². The van der Waals surface area contributed by atoms with Crippen molar-refractivity contribution in [2.45, 2.75) is 0 Å². The number of benzene rings is 9. The summed E-state index contributed by atoms with van der Waals surface area (Å²) in [5.74, 6) is 0.715. The Balaban J connectivity index is 1.12. The van der Waals surface area contributed by atoms with E-state index < -0.39 is 0 Å². The van der Waals surface area contributed by atoms with Gasteiger partial charge >= 0.3 is 0 Å². The van der Waals surface area contributed by atoms with Gasteiger partial charge in [-0.1, -0.05) is 170 Å². The molecule has 11 rings (SSSR count). The van der Waals surface area contributed by atoms with Crippen LogP contribution in [0.15, 0.2) is 194 Å². The molecule has 0 radical (unpaired) electrons. The zero-order valence-corrected chi connectivity index (χ0v) is 30.6. The summed E-state index contributed by atoms with van der Waals surface area (Å²) in [5.41, 5.74) is 9.62. The van der Waals surface area contributed by atoms with E-state index in [-0.39, 0.29) is 0 Å². The van der Waals surface area contributed by atoms with Crippen molar-refractivity contribution in [3.8, 4) is 56.2 Å². The Labute approximate surface area is 322 Å². The minimum Gasteiger partial charge on any atom is -0.228 e. The van der Waals surface area contributed by atoms with E-state index in [1.807, 2.05) is 11.3 Å². The molecule has 9 aromatic carbocycles. The lowest BCUT2D eigenvalue weighted by Crippen LogP contribution is -1.98. The zero-order chi connectivity index (χ0) is 36.3. The molecule has 0 amide bonds. The third-order valence-electron chi connectivity index (χ3n) is 10.9. The highest BCUT2D eigenvalue weighted by atomic mass is 32.1. The SMILES string of the molecule is c1ccc(-c2ccccc2-c2cc(-c3ccc(-c4ccc5c(c4)sc4ccccc45)cc3)nc(-c3c4ccccc4cc4c3ccc3ccccc34)n2)cc1. The van der Waals surface area contributed by atoms with Gasteiger partial charge in [0.05, 0.1) is 11.4 Å². The fourth-order valence-electron chi connectivity index (χ4n) is 8.22. The summed E-state index contributed by atoms with van der Waals surface area (Å²) in [6.45, 7) is 0. The monoisotopic (exact) mass is 716 g/mol. The van der Waals surface area contributed by atoms with Crippen LogP contribution in [0.1, 0.15) is 0 Å². The molecular weight excluding hydrogens is 685 g/mol. The lowest BCUT2D eigenvalue weighted by Gasteiger charge is -2.16. The molecule has 0 fully saturated rings. The first-order chi connectivity index (χ1) is 27.2. The second-order valence-corrected chi connectivity index (χ2v) is 15.2. The van der Waals surface area contributed by atoms with Gasteiger partial charge in [-0.25, -0.2) is 9.97 Å². The quantitative estimate of drug-likeness (QED) is 0.131. The predicted molar refractivity (Wildman–Crippen MR) is 235 cm³/mol. The molecular formula is C52H32N2S. The first-order valence-electron chi connectivity index (χ1n) is 18.6. The van der Waals surface area contributed by atoms with Crippen LogP contribution in [0.2, 0.25) is 0 Å². The van der Waals surface area contributed by atoms with Crippen molar-refractivity contribution in [3.63, 3.8) is 0 Å². The summed E-state index contributed by atoms with van der Waals surface area (Å²) in [4.78, 5) is 10.9. The van der Waals surface area contributed by atoms with Gasteiger partial charge in [0.15, 0.2) is 5.82 Å². The molecule has 0 aliphatic heterocycles. The molecule has 0 spiro atoms. The van der Waals surface area contributed by atoms with E-state index in [0.717, 1.165) is 50.0 Å². The molecule has 0 N–H and O–H groups in total. The fraction of sp³-hybridized carbons (Fsp3) is 0. The molecule has 256 valence electrons. The average molecular weight is 717 g/mol. The Morgan fingerprint density at radius 3 is 1.78 bits per heavy atom. The van der Waals surface area contributed by atoms with Gasteiger partial charge < -0.3 is 0 Å². The molecule has 0 aliphatic rings. The molecule has 3 heteroatoms. The largest absolute Gasteiger partial charge is 0.228 e. The molecule has 2 aromatic heterocycles. The number of hydrogen-bond donors (Lipinski definition) is 0. The molecule has 0 unspecified atom stereocenters. The van der Waals surface area contributed by atoms with Gasteiger partial charge in [0.25, 0.3) is 0 Å². The topological polar surface area (TPSA) is 25.8 Å². The van der Waals surface area contributed by atoms with Gasteiger partial charge in [0, 0.05) is 36.9 Å². The van der Waals surface area contributed by atoms with Crippen molar-refractivity contribution < 1.29 is 0 Å². The molecule has 0 bridgehead atoms. The van der Waals surface area contributed by atoms with E-state index in [2.05, 4.69) is 194 Å². The summed E-state index contributed by atoms with van der Waals surface area (Å²) >= 11 is 1.85. The van der Waals surface area contributed by atoms with E-state index in [1.165, 1.54) is 52.8 Å². The van der Waals surface area contributed by atoms with Crippen molar-refractivity contribution in [3.05, 3.63) is 194 Å². The first-order valence-corrected chi connectivity index (χ1v) is 19.5. The molecule has 0 saturated carbocycles. The standard InChI is InChI=1S/C52H32N2S/c1-2-12-34(13-3-1)39-16-8-9-19-42(39)48-32-47(36-24-22-33(23-25-36)37-27-28-44-43-20-10-11-21-49(43)55-50(44)31-37)53-52(54-48)51-41-18-7-5-15-38(41)30-46-40-17-6-4-14-35(40)26-29-45(46)51/h1-32H. The highest BCUT2D eigenvalue weighted by Crippen LogP contribution is 2.41. The summed E-state index contributed by atoms with van der Waals surface area (Å²) in [6, 6.07) is 69.7. The maximum atomic E-state index is 5.47. The first kappa shape index (κ1) is 31.6. The van der Waals surface area contributed by atoms with Crippen molar-refractivity contribution >= 4 is 63.8 Å². The smallest absolute Gasteiger partial charge is 0.161 e. The maximum Gasteiger partial charge on any atom is 0.161 e. The van der Waals surface area contributed by atoms with E-state index in [0.29, 0.717) is 5.82 Å². The van der Waals surface area contributed by atoms with Crippen LogP contribution in [0.4, 0.5) is 0 Å². The number of rotatable bonds is 5. The summed E-state index contributed by atoms with van der Waals surface area (Å²) in [5, 5.41) is 9.72. The molecule has 55 heavy (non-hydrogen) atoms. The summed E-state index contributed by atoms with van der Waals surface area (Å²) in [7, 11) is 0. The van der Waals surface area contributed by atoms with Crippen LogP contribution in [-0.4, -0.2) is 9.97 Å². The Morgan fingerprint density at radius 2 is 0.927 bits per heavy atom. The fourth-order valence-corrected chi connectivity index (χ4v) is 9.37. The molecule has 11 aromatic rings. The van der Waals surface area contributed by atoms with Gasteiger partial charge in [0.1, 0.15) is 0 Å². The minimum atomic E-state index is 0.715. The van der Waals surface area contributed by atoms with Gasteiger partial charge in [-0.3, -0.25) is 0 Å². The summed E-state index contributed by atoms with van der Waals surface area (Å²) < 4.78 is 2.63. The molecule has 2 heterocycles. The number of aromatic nitrogens is 2. The van der Waals surface area contributed by atoms with Crippen molar-refractivity contribution in [2.75, 3.05) is 0 Å². The van der Waals surface area contributed by atoms with E-state index in [9.17, 15) is 0 Å². The normalized spacial score (nSPS) is 11.6. The third kappa shape index (κ3) is 5.40. The van der Waals surface area contributed by atoms with E-state index >= 15 is 0 Å². The maximum absolute atomic E-state index is 5.47. The van der Waals surface area contributed by atoms with Crippen molar-refractivity contribution in [1.82, 2.24) is 9.97 Å². The highest BCUT2D eigenvalue weighted by molar-refractivity contribution is 7.25. The zero-order valence-electron chi connectivity index (χ0n) is 29.8. The number of thiophene rings is 1. The van der Waals surface area contributed by atoms with Crippen molar-refractivity contribution in [2.24, 2.45) is 0 Å². The molecule has 0 atom stereocenters. The molecule has 0 aliphatic carbocycles. The van der Waals surface area contributed by atoms with Crippen molar-refractivity contribution in [1.29, 1.82) is 0 Å². The second kappa shape index (κ2) is 12.9. The van der Waals surface area contributed by atoms with Crippen LogP contribution in [0, 0.1) is 0 Å². The van der Waals surface area contributed by atoms with Crippen LogP contribution in [0.5, 0.6) is 0 Å².